The van der Waals surface area contributed by atoms with Gasteiger partial charge in [0.2, 0.25) is 0 Å². The molecule has 0 aliphatic heterocycles. The molecular formula is C12H15ClO. The van der Waals surface area contributed by atoms with Crippen LogP contribution in [0, 0.1) is 0 Å². The fraction of sp³-hybridized carbons (Fsp3) is 0.500. The number of rotatable bonds is 2. The van der Waals surface area contributed by atoms with Crippen LogP contribution in [0.1, 0.15) is 37.2 Å². The Morgan fingerprint density at radius 2 is 1.93 bits per heavy atom. The predicted molar refractivity (Wildman–Crippen MR) is 59.2 cm³/mol. The van der Waals surface area contributed by atoms with Gasteiger partial charge in [-0.3, -0.25) is 0 Å². The van der Waals surface area contributed by atoms with Gasteiger partial charge in [0.1, 0.15) is 5.75 Å². The molecule has 1 aliphatic rings. The minimum Gasteiger partial charge on any atom is -0.497 e. The Bertz CT molecular complexity index is 316. The molecule has 1 aromatic rings. The molecule has 2 heteroatoms. The highest BCUT2D eigenvalue weighted by atomic mass is 35.5. The van der Waals surface area contributed by atoms with Crippen LogP contribution in [0.3, 0.4) is 0 Å². The lowest BCUT2D eigenvalue weighted by Crippen LogP contribution is -1.93. The van der Waals surface area contributed by atoms with Gasteiger partial charge in [0.05, 0.1) is 7.11 Å². The molecule has 14 heavy (non-hydrogen) atoms. The standard InChI is InChI=1S/C12H15ClO/c1-14-12-7-10(6-11(13)8-12)9-4-2-3-5-9/h6-9H,2-5H2,1H3. The van der Waals surface area contributed by atoms with Gasteiger partial charge in [-0.1, -0.05) is 24.4 Å². The van der Waals surface area contributed by atoms with Crippen molar-refractivity contribution in [1.29, 1.82) is 0 Å². The summed E-state index contributed by atoms with van der Waals surface area (Å²) < 4.78 is 5.21. The maximum Gasteiger partial charge on any atom is 0.120 e. The van der Waals surface area contributed by atoms with Crippen LogP contribution in [0.4, 0.5) is 0 Å². The molecule has 0 saturated heterocycles. The molecule has 0 aromatic heterocycles. The number of benzene rings is 1. The number of methoxy groups -OCH3 is 1. The molecule has 1 aliphatic carbocycles. The van der Waals surface area contributed by atoms with Crippen molar-refractivity contribution in [1.82, 2.24) is 0 Å². The SMILES string of the molecule is COc1cc(Cl)cc(C2CCCC2)c1. The molecule has 0 bridgehead atoms. The zero-order valence-corrected chi connectivity index (χ0v) is 9.18. The number of hydrogen-bond donors (Lipinski definition) is 0. The molecule has 1 saturated carbocycles. The van der Waals surface area contributed by atoms with Gasteiger partial charge < -0.3 is 4.74 Å². The van der Waals surface area contributed by atoms with E-state index in [4.69, 9.17) is 16.3 Å². The first kappa shape index (κ1) is 9.85. The van der Waals surface area contributed by atoms with Crippen molar-refractivity contribution < 1.29 is 4.74 Å². The van der Waals surface area contributed by atoms with Crippen LogP contribution in [-0.4, -0.2) is 7.11 Å². The Kier molecular flexibility index (Phi) is 2.97. The first-order chi connectivity index (χ1) is 6.79. The molecule has 1 fully saturated rings. The Hall–Kier alpha value is -0.690. The molecule has 0 amide bonds. The Balaban J connectivity index is 2.27. The van der Waals surface area contributed by atoms with Crippen molar-refractivity contribution in [2.75, 3.05) is 7.11 Å². The molecule has 0 heterocycles. The van der Waals surface area contributed by atoms with Crippen molar-refractivity contribution in [3.8, 4) is 5.75 Å². The average Bonchev–Trinajstić information content (AvgIpc) is 2.69. The third-order valence-corrected chi connectivity index (χ3v) is 3.17. The summed E-state index contributed by atoms with van der Waals surface area (Å²) in [6.07, 6.45) is 5.28. The highest BCUT2D eigenvalue weighted by molar-refractivity contribution is 6.30. The summed E-state index contributed by atoms with van der Waals surface area (Å²) in [6.45, 7) is 0. The van der Waals surface area contributed by atoms with Crippen LogP contribution in [0.5, 0.6) is 5.75 Å². The van der Waals surface area contributed by atoms with Crippen LogP contribution in [0.15, 0.2) is 18.2 Å². The van der Waals surface area contributed by atoms with Gasteiger partial charge in [-0.15, -0.1) is 0 Å². The fourth-order valence-electron chi connectivity index (χ4n) is 2.20. The van der Waals surface area contributed by atoms with Gasteiger partial charge in [0.25, 0.3) is 0 Å². The van der Waals surface area contributed by atoms with E-state index in [0.29, 0.717) is 5.92 Å². The van der Waals surface area contributed by atoms with Crippen LogP contribution in [-0.2, 0) is 0 Å². The van der Waals surface area contributed by atoms with Crippen LogP contribution >= 0.6 is 11.6 Å². The van der Waals surface area contributed by atoms with Crippen LogP contribution in [0.25, 0.3) is 0 Å². The normalized spacial score (nSPS) is 17.3. The highest BCUT2D eigenvalue weighted by Gasteiger charge is 2.17. The highest BCUT2D eigenvalue weighted by Crippen LogP contribution is 2.36. The lowest BCUT2D eigenvalue weighted by molar-refractivity contribution is 0.414. The lowest BCUT2D eigenvalue weighted by atomic mass is 9.98. The van der Waals surface area contributed by atoms with Crippen LogP contribution < -0.4 is 4.74 Å². The van der Waals surface area contributed by atoms with E-state index in [9.17, 15) is 0 Å². The second-order valence-electron chi connectivity index (χ2n) is 3.91. The van der Waals surface area contributed by atoms with Crippen molar-refractivity contribution in [3.05, 3.63) is 28.8 Å². The van der Waals surface area contributed by atoms with Crippen molar-refractivity contribution >= 4 is 11.6 Å². The third-order valence-electron chi connectivity index (χ3n) is 2.96. The van der Waals surface area contributed by atoms with Crippen molar-refractivity contribution in [2.24, 2.45) is 0 Å². The second-order valence-corrected chi connectivity index (χ2v) is 4.34. The Morgan fingerprint density at radius 3 is 2.57 bits per heavy atom. The Labute approximate surface area is 90.0 Å². The Morgan fingerprint density at radius 1 is 1.21 bits per heavy atom. The quantitative estimate of drug-likeness (QED) is 0.717. The molecular weight excluding hydrogens is 196 g/mol. The average molecular weight is 211 g/mol. The van der Waals surface area contributed by atoms with E-state index >= 15 is 0 Å². The smallest absolute Gasteiger partial charge is 0.120 e. The van der Waals surface area contributed by atoms with E-state index in [2.05, 4.69) is 12.1 Å². The van der Waals surface area contributed by atoms with Gasteiger partial charge in [0.15, 0.2) is 0 Å². The molecule has 76 valence electrons. The topological polar surface area (TPSA) is 9.23 Å². The molecule has 0 spiro atoms. The zero-order chi connectivity index (χ0) is 9.97. The van der Waals surface area contributed by atoms with Crippen LogP contribution in [0.2, 0.25) is 5.02 Å². The maximum absolute atomic E-state index is 6.03. The fourth-order valence-corrected chi connectivity index (χ4v) is 2.43. The molecule has 1 aromatic carbocycles. The van der Waals surface area contributed by atoms with E-state index < -0.39 is 0 Å². The van der Waals surface area contributed by atoms with E-state index in [1.807, 2.05) is 6.07 Å². The minimum absolute atomic E-state index is 0.697. The molecule has 0 unspecified atom stereocenters. The van der Waals surface area contributed by atoms with Gasteiger partial charge in [0, 0.05) is 5.02 Å². The molecule has 0 atom stereocenters. The molecule has 0 radical (unpaired) electrons. The summed E-state index contributed by atoms with van der Waals surface area (Å²) in [5, 5.41) is 0.784. The minimum atomic E-state index is 0.697. The van der Waals surface area contributed by atoms with E-state index in [0.717, 1.165) is 10.8 Å². The lowest BCUT2D eigenvalue weighted by Gasteiger charge is -2.11. The van der Waals surface area contributed by atoms with Gasteiger partial charge >= 0.3 is 0 Å². The van der Waals surface area contributed by atoms with E-state index in [1.54, 1.807) is 7.11 Å². The first-order valence-electron chi connectivity index (χ1n) is 5.14. The number of halogens is 1. The van der Waals surface area contributed by atoms with E-state index in [-0.39, 0.29) is 0 Å². The molecule has 1 nitrogen and oxygen atoms in total. The summed E-state index contributed by atoms with van der Waals surface area (Å²) in [6, 6.07) is 6.04. The maximum atomic E-state index is 6.03. The van der Waals surface area contributed by atoms with Gasteiger partial charge in [-0.2, -0.15) is 0 Å². The van der Waals surface area contributed by atoms with Crippen molar-refractivity contribution in [3.63, 3.8) is 0 Å². The summed E-state index contributed by atoms with van der Waals surface area (Å²) in [7, 11) is 1.68. The monoisotopic (exact) mass is 210 g/mol. The number of ether oxygens (including phenoxy) is 1. The zero-order valence-electron chi connectivity index (χ0n) is 8.42. The molecule has 2 rings (SSSR count). The largest absolute Gasteiger partial charge is 0.497 e. The third kappa shape index (κ3) is 2.03. The molecule has 0 N–H and O–H groups in total. The van der Waals surface area contributed by atoms with Gasteiger partial charge in [-0.25, -0.2) is 0 Å². The van der Waals surface area contributed by atoms with Crippen molar-refractivity contribution in [2.45, 2.75) is 31.6 Å². The van der Waals surface area contributed by atoms with E-state index in [1.165, 1.54) is 31.2 Å². The summed E-state index contributed by atoms with van der Waals surface area (Å²) in [5.41, 5.74) is 1.34. The second kappa shape index (κ2) is 4.22. The summed E-state index contributed by atoms with van der Waals surface area (Å²) in [4.78, 5) is 0. The summed E-state index contributed by atoms with van der Waals surface area (Å²) >= 11 is 6.03. The summed E-state index contributed by atoms with van der Waals surface area (Å²) in [5.74, 6) is 1.57. The van der Waals surface area contributed by atoms with Gasteiger partial charge in [-0.05, 0) is 42.5 Å². The predicted octanol–water partition coefficient (Wildman–Crippen LogP) is 4.01. The first-order valence-corrected chi connectivity index (χ1v) is 5.52. The number of hydrogen-bond acceptors (Lipinski definition) is 1.